The molecule has 6 heteroatoms. The summed E-state index contributed by atoms with van der Waals surface area (Å²) in [7, 11) is 0. The van der Waals surface area contributed by atoms with Gasteiger partial charge in [0.15, 0.2) is 5.03 Å². The van der Waals surface area contributed by atoms with Gasteiger partial charge >= 0.3 is 0 Å². The standard InChI is InChI=1S/C9H7N3O2S/c13-12(14)11-7-6-10-9(11)15-8-4-2-1-3-5-8/h1-7H. The molecule has 0 amide bonds. The van der Waals surface area contributed by atoms with Crippen molar-refractivity contribution in [2.45, 2.75) is 10.1 Å². The second-order valence-corrected chi connectivity index (χ2v) is 3.75. The first kappa shape index (κ1) is 9.72. The molecule has 0 unspecified atom stereocenters. The Morgan fingerprint density at radius 3 is 2.73 bits per heavy atom. The molecule has 0 aliphatic rings. The van der Waals surface area contributed by atoms with Crippen LogP contribution in [0, 0.1) is 10.1 Å². The molecular formula is C9H7N3O2S. The summed E-state index contributed by atoms with van der Waals surface area (Å²) < 4.78 is 0.900. The zero-order chi connectivity index (χ0) is 10.7. The Bertz CT molecular complexity index is 469. The van der Waals surface area contributed by atoms with Crippen LogP contribution in [0.1, 0.15) is 0 Å². The van der Waals surface area contributed by atoms with E-state index in [1.54, 1.807) is 0 Å². The first-order valence-corrected chi connectivity index (χ1v) is 5.00. The largest absolute Gasteiger partial charge is 0.238 e. The molecule has 15 heavy (non-hydrogen) atoms. The molecule has 0 aliphatic carbocycles. The molecule has 1 aromatic carbocycles. The highest BCUT2D eigenvalue weighted by molar-refractivity contribution is 7.99. The smallest absolute Gasteiger partial charge is 0.234 e. The van der Waals surface area contributed by atoms with Crippen molar-refractivity contribution in [1.29, 1.82) is 0 Å². The number of rotatable bonds is 3. The van der Waals surface area contributed by atoms with Gasteiger partial charge in [0.1, 0.15) is 0 Å². The van der Waals surface area contributed by atoms with Crippen LogP contribution in [0.15, 0.2) is 52.8 Å². The summed E-state index contributed by atoms with van der Waals surface area (Å²) in [6, 6.07) is 9.40. The summed E-state index contributed by atoms with van der Waals surface area (Å²) in [5, 5.41) is 10.4. The molecular weight excluding hydrogens is 214 g/mol. The SMILES string of the molecule is O=[N+]([O-])n1ccnc1Sc1ccccc1. The second kappa shape index (κ2) is 4.14. The fourth-order valence-corrected chi connectivity index (χ4v) is 1.91. The summed E-state index contributed by atoms with van der Waals surface area (Å²) in [5.74, 6) is 0. The van der Waals surface area contributed by atoms with Crippen molar-refractivity contribution < 1.29 is 5.03 Å². The van der Waals surface area contributed by atoms with Crippen molar-refractivity contribution in [3.05, 3.63) is 52.8 Å². The number of hydrogen-bond donors (Lipinski definition) is 0. The van der Waals surface area contributed by atoms with Crippen LogP contribution in [0.5, 0.6) is 0 Å². The van der Waals surface area contributed by atoms with Crippen molar-refractivity contribution in [2.24, 2.45) is 0 Å². The zero-order valence-corrected chi connectivity index (χ0v) is 8.42. The van der Waals surface area contributed by atoms with Crippen LogP contribution in [0.4, 0.5) is 0 Å². The molecule has 0 saturated heterocycles. The Hall–Kier alpha value is -1.82. The molecule has 1 aromatic heterocycles. The first-order chi connectivity index (χ1) is 7.27. The molecule has 0 spiro atoms. The Kier molecular flexibility index (Phi) is 2.68. The average Bonchev–Trinajstić information content (AvgIpc) is 2.67. The van der Waals surface area contributed by atoms with E-state index in [1.807, 2.05) is 30.3 Å². The van der Waals surface area contributed by atoms with Gasteiger partial charge in [-0.1, -0.05) is 18.2 Å². The highest BCUT2D eigenvalue weighted by Crippen LogP contribution is 2.25. The van der Waals surface area contributed by atoms with Gasteiger partial charge in [-0.15, -0.1) is 0 Å². The topological polar surface area (TPSA) is 61.0 Å². The van der Waals surface area contributed by atoms with E-state index in [9.17, 15) is 10.1 Å². The van der Waals surface area contributed by atoms with Gasteiger partial charge in [0, 0.05) is 4.90 Å². The third-order valence-electron chi connectivity index (χ3n) is 1.72. The van der Waals surface area contributed by atoms with Gasteiger partial charge in [-0.3, -0.25) is 0 Å². The third kappa shape index (κ3) is 2.16. The molecule has 0 radical (unpaired) electrons. The lowest BCUT2D eigenvalue weighted by Gasteiger charge is -1.98. The van der Waals surface area contributed by atoms with E-state index in [2.05, 4.69) is 4.98 Å². The molecule has 0 bridgehead atoms. The molecule has 0 saturated carbocycles. The predicted molar refractivity (Wildman–Crippen MR) is 55.2 cm³/mol. The quantitative estimate of drug-likeness (QED) is 0.588. The van der Waals surface area contributed by atoms with Gasteiger partial charge in [-0.05, 0) is 28.6 Å². The molecule has 0 atom stereocenters. The van der Waals surface area contributed by atoms with E-state index < -0.39 is 5.03 Å². The number of hydrogen-bond acceptors (Lipinski definition) is 4. The maximum atomic E-state index is 10.6. The number of benzene rings is 1. The highest BCUT2D eigenvalue weighted by atomic mass is 32.2. The molecule has 0 N–H and O–H groups in total. The maximum absolute atomic E-state index is 10.6. The van der Waals surface area contributed by atoms with E-state index in [0.717, 1.165) is 9.57 Å². The Labute approximate surface area is 89.9 Å². The number of aromatic nitrogens is 2. The molecule has 0 fully saturated rings. The minimum Gasteiger partial charge on any atom is -0.234 e. The molecule has 1 heterocycles. The van der Waals surface area contributed by atoms with Crippen LogP contribution in [-0.4, -0.2) is 14.7 Å². The Balaban J connectivity index is 2.25. The van der Waals surface area contributed by atoms with Crippen molar-refractivity contribution in [3.63, 3.8) is 0 Å². The monoisotopic (exact) mass is 221 g/mol. The van der Waals surface area contributed by atoms with Crippen molar-refractivity contribution in [3.8, 4) is 0 Å². The lowest BCUT2D eigenvalue weighted by Crippen LogP contribution is -2.08. The fourth-order valence-electron chi connectivity index (χ4n) is 1.07. The summed E-state index contributed by atoms with van der Waals surface area (Å²) in [6.07, 6.45) is 2.74. The molecule has 0 aliphatic heterocycles. The highest BCUT2D eigenvalue weighted by Gasteiger charge is 2.11. The maximum Gasteiger partial charge on any atom is 0.238 e. The molecule has 2 aromatic rings. The summed E-state index contributed by atoms with van der Waals surface area (Å²) in [4.78, 5) is 15.4. The molecule has 5 nitrogen and oxygen atoms in total. The van der Waals surface area contributed by atoms with E-state index in [1.165, 1.54) is 24.2 Å². The van der Waals surface area contributed by atoms with Crippen LogP contribution in [0.25, 0.3) is 0 Å². The van der Waals surface area contributed by atoms with E-state index in [4.69, 9.17) is 0 Å². The molecule has 76 valence electrons. The Morgan fingerprint density at radius 1 is 1.33 bits per heavy atom. The fraction of sp³-hybridized carbons (Fsp3) is 0. The normalized spacial score (nSPS) is 10.1. The van der Waals surface area contributed by atoms with Gasteiger partial charge in [0.25, 0.3) is 0 Å². The van der Waals surface area contributed by atoms with Crippen LogP contribution in [-0.2, 0) is 0 Å². The summed E-state index contributed by atoms with van der Waals surface area (Å²) in [6.45, 7) is 0. The van der Waals surface area contributed by atoms with E-state index >= 15 is 0 Å². The van der Waals surface area contributed by atoms with Crippen LogP contribution in [0.3, 0.4) is 0 Å². The number of nitro groups is 1. The zero-order valence-electron chi connectivity index (χ0n) is 7.61. The third-order valence-corrected chi connectivity index (χ3v) is 2.70. The minimum atomic E-state index is -0.502. The number of imidazole rings is 1. The van der Waals surface area contributed by atoms with Gasteiger partial charge in [0.2, 0.25) is 5.16 Å². The average molecular weight is 221 g/mol. The van der Waals surface area contributed by atoms with Gasteiger partial charge in [0.05, 0.1) is 12.4 Å². The second-order valence-electron chi connectivity index (χ2n) is 2.71. The van der Waals surface area contributed by atoms with Crippen LogP contribution in [0.2, 0.25) is 0 Å². The minimum absolute atomic E-state index is 0.353. The lowest BCUT2D eigenvalue weighted by molar-refractivity contribution is -0.549. The first-order valence-electron chi connectivity index (χ1n) is 4.18. The van der Waals surface area contributed by atoms with Crippen LogP contribution < -0.4 is 0 Å². The predicted octanol–water partition coefficient (Wildman–Crippen LogP) is 2.07. The van der Waals surface area contributed by atoms with Crippen molar-refractivity contribution in [1.82, 2.24) is 9.66 Å². The van der Waals surface area contributed by atoms with Crippen molar-refractivity contribution >= 4 is 11.8 Å². The van der Waals surface area contributed by atoms with Crippen molar-refractivity contribution in [2.75, 3.05) is 0 Å². The van der Waals surface area contributed by atoms with E-state index in [0.29, 0.717) is 5.16 Å². The summed E-state index contributed by atoms with van der Waals surface area (Å²) >= 11 is 1.26. The van der Waals surface area contributed by atoms with E-state index in [-0.39, 0.29) is 0 Å². The molecule has 2 rings (SSSR count). The van der Waals surface area contributed by atoms with Crippen LogP contribution >= 0.6 is 11.8 Å². The number of nitrogens with zero attached hydrogens (tertiary/aromatic N) is 3. The lowest BCUT2D eigenvalue weighted by atomic mass is 10.4. The van der Waals surface area contributed by atoms with Gasteiger partial charge in [-0.25, -0.2) is 15.1 Å². The summed E-state index contributed by atoms with van der Waals surface area (Å²) in [5.41, 5.74) is 0. The Morgan fingerprint density at radius 2 is 2.07 bits per heavy atom. The van der Waals surface area contributed by atoms with Gasteiger partial charge in [-0.2, -0.15) is 0 Å². The van der Waals surface area contributed by atoms with Gasteiger partial charge < -0.3 is 0 Å².